The lowest BCUT2D eigenvalue weighted by atomic mass is 10.1. The summed E-state index contributed by atoms with van der Waals surface area (Å²) in [5.41, 5.74) is 2.03. The van der Waals surface area contributed by atoms with E-state index in [9.17, 15) is 13.2 Å². The van der Waals surface area contributed by atoms with Crippen LogP contribution in [0.4, 0.5) is 5.69 Å². The first-order chi connectivity index (χ1) is 11.4. The van der Waals surface area contributed by atoms with Crippen LogP contribution >= 0.6 is 0 Å². The molecule has 0 aliphatic carbocycles. The Kier molecular flexibility index (Phi) is 4.55. The van der Waals surface area contributed by atoms with E-state index in [0.717, 1.165) is 11.1 Å². The van der Waals surface area contributed by atoms with E-state index in [2.05, 4.69) is 10.0 Å². The van der Waals surface area contributed by atoms with E-state index in [1.807, 2.05) is 6.07 Å². The summed E-state index contributed by atoms with van der Waals surface area (Å²) < 4.78 is 32.6. The Hall–Kier alpha value is -2.38. The van der Waals surface area contributed by atoms with Crippen LogP contribution in [0.2, 0.25) is 0 Å². The molecule has 1 unspecified atom stereocenters. The molecule has 7 heteroatoms. The maximum Gasteiger partial charge on any atom is 0.262 e. The molecule has 0 saturated carbocycles. The Bertz CT molecular complexity index is 850. The van der Waals surface area contributed by atoms with E-state index in [-0.39, 0.29) is 18.3 Å². The Labute approximate surface area is 140 Å². The molecule has 2 N–H and O–H groups in total. The third-order valence-electron chi connectivity index (χ3n) is 3.69. The molecule has 2 aromatic rings. The summed E-state index contributed by atoms with van der Waals surface area (Å²) in [6.07, 6.45) is 0. The van der Waals surface area contributed by atoms with Crippen LogP contribution in [0.25, 0.3) is 0 Å². The minimum absolute atomic E-state index is 0.00833. The molecule has 0 saturated heterocycles. The molecule has 0 radical (unpaired) electrons. The summed E-state index contributed by atoms with van der Waals surface area (Å²) in [6, 6.07) is 13.8. The monoisotopic (exact) mass is 346 g/mol. The summed E-state index contributed by atoms with van der Waals surface area (Å²) in [7, 11) is -3.48. The molecule has 1 aliphatic heterocycles. The molecular formula is C17H18N2O4S. The minimum atomic E-state index is -3.48. The average molecular weight is 346 g/mol. The molecule has 1 amide bonds. The minimum Gasteiger partial charge on any atom is -0.482 e. The van der Waals surface area contributed by atoms with Gasteiger partial charge < -0.3 is 10.1 Å². The zero-order valence-corrected chi connectivity index (χ0v) is 14.0. The molecule has 0 aromatic heterocycles. The maximum atomic E-state index is 12.3. The van der Waals surface area contributed by atoms with Gasteiger partial charge in [-0.3, -0.25) is 4.79 Å². The highest BCUT2D eigenvalue weighted by Gasteiger charge is 2.20. The van der Waals surface area contributed by atoms with E-state index in [1.54, 1.807) is 49.4 Å². The Balaban J connectivity index is 1.73. The number of amides is 1. The molecule has 1 atom stereocenters. The number of ether oxygens (including phenoxy) is 1. The number of nitrogens with one attached hydrogen (secondary N) is 2. The third-order valence-corrected chi connectivity index (χ3v) is 5.12. The number of carbonyl (C=O) groups excluding carboxylic acids is 1. The van der Waals surface area contributed by atoms with Gasteiger partial charge in [-0.15, -0.1) is 0 Å². The summed E-state index contributed by atoms with van der Waals surface area (Å²) in [4.78, 5) is 11.4. The molecule has 0 bridgehead atoms. The van der Waals surface area contributed by atoms with Gasteiger partial charge in [0.2, 0.25) is 10.0 Å². The Morgan fingerprint density at radius 1 is 1.21 bits per heavy atom. The van der Waals surface area contributed by atoms with Crippen molar-refractivity contribution < 1.29 is 17.9 Å². The average Bonchev–Trinajstić information content (AvgIpc) is 2.54. The molecule has 0 spiro atoms. The number of fused-ring (bicyclic) bond motifs is 1. The fraction of sp³-hybridized carbons (Fsp3) is 0.235. The first kappa shape index (κ1) is 16.5. The lowest BCUT2D eigenvalue weighted by molar-refractivity contribution is -0.118. The van der Waals surface area contributed by atoms with Crippen LogP contribution in [0.1, 0.15) is 24.1 Å². The van der Waals surface area contributed by atoms with Crippen LogP contribution in [0.15, 0.2) is 48.5 Å². The second kappa shape index (κ2) is 6.62. The number of hydrogen-bond donors (Lipinski definition) is 2. The van der Waals surface area contributed by atoms with Crippen molar-refractivity contribution in [2.75, 3.05) is 11.9 Å². The van der Waals surface area contributed by atoms with Gasteiger partial charge in [0.25, 0.3) is 5.91 Å². The molecule has 0 fully saturated rings. The van der Waals surface area contributed by atoms with Crippen molar-refractivity contribution in [3.63, 3.8) is 0 Å². The van der Waals surface area contributed by atoms with Crippen LogP contribution in [-0.2, 0) is 20.6 Å². The number of anilines is 1. The second-order valence-electron chi connectivity index (χ2n) is 5.68. The second-order valence-corrected chi connectivity index (χ2v) is 7.43. The van der Waals surface area contributed by atoms with E-state index in [1.165, 1.54) is 0 Å². The highest BCUT2D eigenvalue weighted by atomic mass is 32.2. The normalized spacial score (nSPS) is 15.1. The third kappa shape index (κ3) is 3.93. The van der Waals surface area contributed by atoms with Crippen LogP contribution in [0.3, 0.4) is 0 Å². The quantitative estimate of drug-likeness (QED) is 0.869. The predicted molar refractivity (Wildman–Crippen MR) is 91.2 cm³/mol. The number of carbonyl (C=O) groups is 1. The van der Waals surface area contributed by atoms with Gasteiger partial charge in [-0.2, -0.15) is 0 Å². The lowest BCUT2D eigenvalue weighted by Crippen LogP contribution is -2.29. The SMILES string of the molecule is CC(NS(=O)(=O)Cc1ccccc1)c1ccc2c(c1)NC(=O)CO2. The number of sulfonamides is 1. The van der Waals surface area contributed by atoms with Crippen LogP contribution in [0.5, 0.6) is 5.75 Å². The van der Waals surface area contributed by atoms with E-state index < -0.39 is 16.1 Å². The van der Waals surface area contributed by atoms with Gasteiger partial charge in [0.1, 0.15) is 5.75 Å². The van der Waals surface area contributed by atoms with Gasteiger partial charge >= 0.3 is 0 Å². The van der Waals surface area contributed by atoms with Gasteiger partial charge in [0.05, 0.1) is 11.4 Å². The topological polar surface area (TPSA) is 84.5 Å². The lowest BCUT2D eigenvalue weighted by Gasteiger charge is -2.21. The fourth-order valence-corrected chi connectivity index (χ4v) is 3.93. The van der Waals surface area contributed by atoms with Crippen LogP contribution in [0, 0.1) is 0 Å². The summed E-state index contributed by atoms with van der Waals surface area (Å²) in [5.74, 6) is 0.276. The first-order valence-corrected chi connectivity index (χ1v) is 9.19. The van der Waals surface area contributed by atoms with Crippen molar-refractivity contribution in [3.8, 4) is 5.75 Å². The molecule has 6 nitrogen and oxygen atoms in total. The first-order valence-electron chi connectivity index (χ1n) is 7.53. The predicted octanol–water partition coefficient (Wildman–Crippen LogP) is 2.20. The number of rotatable bonds is 5. The highest BCUT2D eigenvalue weighted by molar-refractivity contribution is 7.88. The molecule has 1 aliphatic rings. The summed E-state index contributed by atoms with van der Waals surface area (Å²) in [6.45, 7) is 1.75. The van der Waals surface area contributed by atoms with Gasteiger partial charge in [0, 0.05) is 6.04 Å². The van der Waals surface area contributed by atoms with Gasteiger partial charge in [-0.1, -0.05) is 36.4 Å². The highest BCUT2D eigenvalue weighted by Crippen LogP contribution is 2.30. The molecular weight excluding hydrogens is 328 g/mol. The zero-order valence-electron chi connectivity index (χ0n) is 13.2. The van der Waals surface area contributed by atoms with E-state index in [4.69, 9.17) is 4.74 Å². The van der Waals surface area contributed by atoms with Crippen molar-refractivity contribution in [2.24, 2.45) is 0 Å². The smallest absolute Gasteiger partial charge is 0.262 e. The van der Waals surface area contributed by atoms with E-state index in [0.29, 0.717) is 11.4 Å². The number of hydrogen-bond acceptors (Lipinski definition) is 4. The Morgan fingerprint density at radius 3 is 2.71 bits per heavy atom. The standard InChI is InChI=1S/C17H18N2O4S/c1-12(19-24(21,22)11-13-5-3-2-4-6-13)14-7-8-16-15(9-14)18-17(20)10-23-16/h2-9,12,19H,10-11H2,1H3,(H,18,20). The Morgan fingerprint density at radius 2 is 1.96 bits per heavy atom. The van der Waals surface area contributed by atoms with Crippen molar-refractivity contribution >= 4 is 21.6 Å². The van der Waals surface area contributed by atoms with Crippen LogP contribution in [-0.4, -0.2) is 20.9 Å². The molecule has 126 valence electrons. The van der Waals surface area contributed by atoms with Crippen molar-refractivity contribution in [2.45, 2.75) is 18.7 Å². The largest absolute Gasteiger partial charge is 0.482 e. The fourth-order valence-electron chi connectivity index (χ4n) is 2.54. The summed E-state index contributed by atoms with van der Waals surface area (Å²) >= 11 is 0. The van der Waals surface area contributed by atoms with Crippen molar-refractivity contribution in [3.05, 3.63) is 59.7 Å². The van der Waals surface area contributed by atoms with Crippen molar-refractivity contribution in [1.82, 2.24) is 4.72 Å². The van der Waals surface area contributed by atoms with Crippen molar-refractivity contribution in [1.29, 1.82) is 0 Å². The zero-order chi connectivity index (χ0) is 17.2. The van der Waals surface area contributed by atoms with Crippen LogP contribution < -0.4 is 14.8 Å². The molecule has 24 heavy (non-hydrogen) atoms. The number of benzene rings is 2. The van der Waals surface area contributed by atoms with E-state index >= 15 is 0 Å². The van der Waals surface area contributed by atoms with Gasteiger partial charge in [-0.05, 0) is 30.2 Å². The molecule has 3 rings (SSSR count). The van der Waals surface area contributed by atoms with Gasteiger partial charge in [-0.25, -0.2) is 13.1 Å². The van der Waals surface area contributed by atoms with Gasteiger partial charge in [0.15, 0.2) is 6.61 Å². The molecule has 1 heterocycles. The molecule has 2 aromatic carbocycles. The summed E-state index contributed by atoms with van der Waals surface area (Å²) in [5, 5.41) is 2.72. The maximum absolute atomic E-state index is 12.3.